The average molecular weight is 134 g/mol. The first-order valence-electron chi connectivity index (χ1n) is 3.52. The first-order chi connectivity index (χ1) is 4.97. The summed E-state index contributed by atoms with van der Waals surface area (Å²) in [5, 5.41) is 6.41. The zero-order chi connectivity index (χ0) is 6.81. The lowest BCUT2D eigenvalue weighted by Crippen LogP contribution is -2.21. The Hall–Kier alpha value is -1.18. The Morgan fingerprint density at radius 3 is 1.90 bits per heavy atom. The van der Waals surface area contributed by atoms with Crippen LogP contribution in [0.5, 0.6) is 0 Å². The Bertz CT molecular complexity index is 179. The van der Waals surface area contributed by atoms with E-state index >= 15 is 0 Å². The average Bonchev–Trinajstić information content (AvgIpc) is 2.05. The van der Waals surface area contributed by atoms with Crippen LogP contribution in [-0.4, -0.2) is 0 Å². The van der Waals surface area contributed by atoms with E-state index in [-0.39, 0.29) is 0 Å². The largest absolute Gasteiger partial charge is 0.364 e. The van der Waals surface area contributed by atoms with Crippen molar-refractivity contribution in [2.45, 2.75) is 12.8 Å². The normalized spacial score (nSPS) is 21.6. The summed E-state index contributed by atoms with van der Waals surface area (Å²) >= 11 is 0. The van der Waals surface area contributed by atoms with E-state index in [0.717, 1.165) is 12.8 Å². The molecule has 0 fully saturated rings. The summed E-state index contributed by atoms with van der Waals surface area (Å²) < 4.78 is 0. The van der Waals surface area contributed by atoms with Gasteiger partial charge in [0.25, 0.3) is 0 Å². The summed E-state index contributed by atoms with van der Waals surface area (Å²) in [7, 11) is 0. The van der Waals surface area contributed by atoms with E-state index in [2.05, 4.69) is 22.8 Å². The molecule has 2 aliphatic heterocycles. The van der Waals surface area contributed by atoms with Gasteiger partial charge < -0.3 is 10.6 Å². The zero-order valence-electron chi connectivity index (χ0n) is 5.72. The lowest BCUT2D eigenvalue weighted by atomic mass is 10.1. The summed E-state index contributed by atoms with van der Waals surface area (Å²) in [6.45, 7) is 0. The highest BCUT2D eigenvalue weighted by Gasteiger charge is 2.07. The van der Waals surface area contributed by atoms with Gasteiger partial charge in [-0.25, -0.2) is 0 Å². The van der Waals surface area contributed by atoms with Gasteiger partial charge >= 0.3 is 0 Å². The fraction of sp³-hybridized carbons (Fsp3) is 0.250. The smallest absolute Gasteiger partial charge is 0.0384 e. The van der Waals surface area contributed by atoms with Gasteiger partial charge in [-0.1, -0.05) is 12.2 Å². The van der Waals surface area contributed by atoms with E-state index in [0.29, 0.717) is 0 Å². The monoisotopic (exact) mass is 134 g/mol. The Morgan fingerprint density at radius 2 is 1.40 bits per heavy atom. The van der Waals surface area contributed by atoms with Crippen LogP contribution < -0.4 is 10.6 Å². The molecule has 2 heteroatoms. The summed E-state index contributed by atoms with van der Waals surface area (Å²) in [6.07, 6.45) is 10.3. The molecule has 2 N–H and O–H groups in total. The predicted octanol–water partition coefficient (Wildman–Crippen LogP) is 1.21. The lowest BCUT2D eigenvalue weighted by Gasteiger charge is -2.19. The minimum absolute atomic E-state index is 1.03. The molecule has 2 nitrogen and oxygen atoms in total. The molecule has 0 spiro atoms. The Balaban J connectivity index is 2.19. The van der Waals surface area contributed by atoms with Gasteiger partial charge in [0.05, 0.1) is 0 Å². The van der Waals surface area contributed by atoms with Crippen LogP contribution in [0, 0.1) is 0 Å². The number of hydrogen-bond acceptors (Lipinski definition) is 2. The zero-order valence-corrected chi connectivity index (χ0v) is 5.72. The van der Waals surface area contributed by atoms with Crippen LogP contribution in [0.15, 0.2) is 35.9 Å². The van der Waals surface area contributed by atoms with Gasteiger partial charge in [0.1, 0.15) is 0 Å². The van der Waals surface area contributed by atoms with Gasteiger partial charge in [-0.15, -0.1) is 0 Å². The fourth-order valence-corrected chi connectivity index (χ4v) is 1.21. The van der Waals surface area contributed by atoms with Gasteiger partial charge in [-0.3, -0.25) is 0 Å². The molecule has 0 radical (unpaired) electrons. The summed E-state index contributed by atoms with van der Waals surface area (Å²) in [4.78, 5) is 0. The van der Waals surface area contributed by atoms with Gasteiger partial charge in [-0.05, 0) is 12.4 Å². The lowest BCUT2D eigenvalue weighted by molar-refractivity contribution is 0.813. The second-order valence-electron chi connectivity index (χ2n) is 2.46. The molecule has 2 aliphatic rings. The Kier molecular flexibility index (Phi) is 1.24. The molecule has 0 aromatic carbocycles. The summed E-state index contributed by atoms with van der Waals surface area (Å²) in [6, 6.07) is 0. The molecular formula is C8H10N2. The van der Waals surface area contributed by atoms with Crippen molar-refractivity contribution in [1.29, 1.82) is 0 Å². The van der Waals surface area contributed by atoms with Crippen LogP contribution in [0.25, 0.3) is 0 Å². The van der Waals surface area contributed by atoms with Crippen LogP contribution in [-0.2, 0) is 0 Å². The van der Waals surface area contributed by atoms with Crippen molar-refractivity contribution in [3.05, 3.63) is 35.9 Å². The molecule has 0 unspecified atom stereocenters. The first-order valence-corrected chi connectivity index (χ1v) is 3.52. The van der Waals surface area contributed by atoms with Crippen molar-refractivity contribution in [1.82, 2.24) is 10.6 Å². The molecule has 52 valence electrons. The maximum absolute atomic E-state index is 3.21. The van der Waals surface area contributed by atoms with Gasteiger partial charge in [0, 0.05) is 24.2 Å². The van der Waals surface area contributed by atoms with Crippen LogP contribution in [0.2, 0.25) is 0 Å². The third-order valence-electron chi connectivity index (χ3n) is 1.76. The molecule has 0 aliphatic carbocycles. The highest BCUT2D eigenvalue weighted by Crippen LogP contribution is 2.15. The van der Waals surface area contributed by atoms with E-state index < -0.39 is 0 Å². The second-order valence-corrected chi connectivity index (χ2v) is 2.46. The molecule has 0 amide bonds. The van der Waals surface area contributed by atoms with Crippen molar-refractivity contribution in [2.75, 3.05) is 0 Å². The number of rotatable bonds is 0. The van der Waals surface area contributed by atoms with Crippen LogP contribution in [0.4, 0.5) is 0 Å². The second kappa shape index (κ2) is 2.21. The van der Waals surface area contributed by atoms with E-state index in [1.807, 2.05) is 12.4 Å². The van der Waals surface area contributed by atoms with Crippen molar-refractivity contribution in [3.8, 4) is 0 Å². The van der Waals surface area contributed by atoms with Crippen molar-refractivity contribution in [3.63, 3.8) is 0 Å². The Labute approximate surface area is 60.3 Å². The molecule has 2 rings (SSSR count). The SMILES string of the molecule is C1=CNC2=C(C1)NC=CC2. The van der Waals surface area contributed by atoms with Crippen LogP contribution >= 0.6 is 0 Å². The van der Waals surface area contributed by atoms with Crippen LogP contribution in [0.3, 0.4) is 0 Å². The molecular weight excluding hydrogens is 124 g/mol. The molecule has 2 heterocycles. The Morgan fingerprint density at radius 1 is 0.900 bits per heavy atom. The maximum Gasteiger partial charge on any atom is 0.0384 e. The van der Waals surface area contributed by atoms with Gasteiger partial charge in [0.2, 0.25) is 0 Å². The van der Waals surface area contributed by atoms with Crippen molar-refractivity contribution < 1.29 is 0 Å². The molecule has 0 bridgehead atoms. The molecule has 0 atom stereocenters. The molecule has 0 saturated heterocycles. The third kappa shape index (κ3) is 0.817. The number of allylic oxidation sites excluding steroid dienone is 2. The number of nitrogens with one attached hydrogen (secondary N) is 2. The predicted molar refractivity (Wildman–Crippen MR) is 40.8 cm³/mol. The summed E-state index contributed by atoms with van der Waals surface area (Å²) in [5.74, 6) is 0. The highest BCUT2D eigenvalue weighted by atomic mass is 15.0. The van der Waals surface area contributed by atoms with E-state index in [1.165, 1.54) is 11.4 Å². The van der Waals surface area contributed by atoms with Gasteiger partial charge in [-0.2, -0.15) is 0 Å². The number of hydrogen-bond donors (Lipinski definition) is 2. The van der Waals surface area contributed by atoms with Crippen LogP contribution in [0.1, 0.15) is 12.8 Å². The van der Waals surface area contributed by atoms with Crippen molar-refractivity contribution in [2.24, 2.45) is 0 Å². The molecule has 10 heavy (non-hydrogen) atoms. The van der Waals surface area contributed by atoms with E-state index in [1.54, 1.807) is 0 Å². The minimum atomic E-state index is 1.03. The van der Waals surface area contributed by atoms with Gasteiger partial charge in [0.15, 0.2) is 0 Å². The van der Waals surface area contributed by atoms with E-state index in [9.17, 15) is 0 Å². The highest BCUT2D eigenvalue weighted by molar-refractivity contribution is 5.26. The third-order valence-corrected chi connectivity index (χ3v) is 1.76. The first kappa shape index (κ1) is 5.59. The molecule has 0 aromatic rings. The fourth-order valence-electron chi connectivity index (χ4n) is 1.21. The standard InChI is InChI=1S/C8H10N2/c1-3-7-8(9-5-1)4-2-6-10-7/h1-2,5-6,9-10H,3-4H2. The van der Waals surface area contributed by atoms with E-state index in [4.69, 9.17) is 0 Å². The van der Waals surface area contributed by atoms with Crippen molar-refractivity contribution >= 4 is 0 Å². The topological polar surface area (TPSA) is 24.1 Å². The minimum Gasteiger partial charge on any atom is -0.364 e. The quantitative estimate of drug-likeness (QED) is 0.520. The maximum atomic E-state index is 3.21. The number of dihydropyridines is 2. The molecule has 0 aromatic heterocycles. The molecule has 0 saturated carbocycles. The summed E-state index contributed by atoms with van der Waals surface area (Å²) in [5.41, 5.74) is 2.62.